The predicted molar refractivity (Wildman–Crippen MR) is 61.7 cm³/mol. The van der Waals surface area contributed by atoms with Gasteiger partial charge in [-0.05, 0) is 19.3 Å². The van der Waals surface area contributed by atoms with Crippen LogP contribution in [-0.4, -0.2) is 35.4 Å². The fraction of sp³-hybridized carbons (Fsp3) is 0.667. The molecule has 1 aliphatic rings. The maximum Gasteiger partial charge on any atom is 0.238 e. The van der Waals surface area contributed by atoms with Crippen LogP contribution in [-0.2, 0) is 10.3 Å². The first kappa shape index (κ1) is 12.3. The molecule has 2 unspecified atom stereocenters. The number of methoxy groups -OCH3 is 2. The summed E-state index contributed by atoms with van der Waals surface area (Å²) in [6.45, 7) is 0. The molecule has 17 heavy (non-hydrogen) atoms. The van der Waals surface area contributed by atoms with Crippen LogP contribution in [0.4, 0.5) is 0 Å². The third-order valence-electron chi connectivity index (χ3n) is 3.36. The van der Waals surface area contributed by atoms with Gasteiger partial charge in [-0.1, -0.05) is 6.42 Å². The van der Waals surface area contributed by atoms with Gasteiger partial charge in [0.05, 0.1) is 13.2 Å². The number of aromatic nitrogens is 2. The van der Waals surface area contributed by atoms with Crippen molar-refractivity contribution in [3.8, 4) is 5.88 Å². The van der Waals surface area contributed by atoms with E-state index in [1.165, 1.54) is 7.11 Å². The van der Waals surface area contributed by atoms with Crippen LogP contribution in [0.3, 0.4) is 0 Å². The van der Waals surface area contributed by atoms with E-state index in [9.17, 15) is 5.11 Å². The van der Waals surface area contributed by atoms with Gasteiger partial charge >= 0.3 is 0 Å². The molecule has 1 saturated carbocycles. The lowest BCUT2D eigenvalue weighted by Crippen LogP contribution is -2.44. The van der Waals surface area contributed by atoms with Crippen molar-refractivity contribution < 1.29 is 14.6 Å². The molecule has 1 fully saturated rings. The average Bonchev–Trinajstić information content (AvgIpc) is 2.39. The van der Waals surface area contributed by atoms with Crippen molar-refractivity contribution >= 4 is 0 Å². The summed E-state index contributed by atoms with van der Waals surface area (Å²) in [7, 11) is 3.14. The van der Waals surface area contributed by atoms with Crippen LogP contribution in [0.2, 0.25) is 0 Å². The quantitative estimate of drug-likeness (QED) is 0.858. The van der Waals surface area contributed by atoms with Gasteiger partial charge in [-0.3, -0.25) is 4.98 Å². The smallest absolute Gasteiger partial charge is 0.238 e. The Labute approximate surface area is 101 Å². The average molecular weight is 238 g/mol. The van der Waals surface area contributed by atoms with Crippen molar-refractivity contribution in [1.82, 2.24) is 9.97 Å². The molecule has 2 atom stereocenters. The lowest BCUT2D eigenvalue weighted by Gasteiger charge is -2.38. The third-order valence-corrected chi connectivity index (χ3v) is 3.36. The van der Waals surface area contributed by atoms with Crippen LogP contribution in [0, 0.1) is 0 Å². The van der Waals surface area contributed by atoms with Gasteiger partial charge in [0.2, 0.25) is 5.88 Å². The second-order valence-corrected chi connectivity index (χ2v) is 4.31. The molecule has 1 aromatic rings. The molecule has 0 aromatic carbocycles. The number of ether oxygens (including phenoxy) is 2. The van der Waals surface area contributed by atoms with Gasteiger partial charge in [-0.2, -0.15) is 0 Å². The monoisotopic (exact) mass is 238 g/mol. The summed E-state index contributed by atoms with van der Waals surface area (Å²) in [5, 5.41) is 10.8. The Kier molecular flexibility index (Phi) is 3.59. The van der Waals surface area contributed by atoms with Crippen LogP contribution in [0.5, 0.6) is 5.88 Å². The predicted octanol–water partition coefficient (Wildman–Crippen LogP) is 1.26. The molecular formula is C12H18N2O3. The molecule has 1 heterocycles. The lowest BCUT2D eigenvalue weighted by molar-refractivity contribution is -0.126. The standard InChI is InChI=1S/C12H18N2O3/c1-16-9-5-3-4-6-12(9,15)10-11(17-2)14-8-7-13-10/h7-9,15H,3-6H2,1-2H3. The molecule has 1 N–H and O–H groups in total. The Balaban J connectivity index is 2.41. The van der Waals surface area contributed by atoms with Gasteiger partial charge in [0, 0.05) is 19.5 Å². The Morgan fingerprint density at radius 2 is 2.06 bits per heavy atom. The van der Waals surface area contributed by atoms with Crippen LogP contribution >= 0.6 is 0 Å². The molecule has 0 bridgehead atoms. The van der Waals surface area contributed by atoms with Gasteiger partial charge in [-0.15, -0.1) is 0 Å². The van der Waals surface area contributed by atoms with Crippen LogP contribution < -0.4 is 4.74 Å². The second kappa shape index (κ2) is 4.98. The molecule has 5 heteroatoms. The van der Waals surface area contributed by atoms with Crippen molar-refractivity contribution in [2.45, 2.75) is 37.4 Å². The Morgan fingerprint density at radius 3 is 2.76 bits per heavy atom. The summed E-state index contributed by atoms with van der Waals surface area (Å²) in [6.07, 6.45) is 6.34. The number of rotatable bonds is 3. The number of aliphatic hydroxyl groups is 1. The molecule has 0 radical (unpaired) electrons. The van der Waals surface area contributed by atoms with Gasteiger partial charge in [0.15, 0.2) is 0 Å². The highest BCUT2D eigenvalue weighted by Gasteiger charge is 2.44. The first-order chi connectivity index (χ1) is 8.22. The topological polar surface area (TPSA) is 64.5 Å². The maximum atomic E-state index is 10.8. The normalized spacial score (nSPS) is 29.0. The molecule has 1 aliphatic carbocycles. The van der Waals surface area contributed by atoms with Crippen molar-refractivity contribution in [2.75, 3.05) is 14.2 Å². The van der Waals surface area contributed by atoms with Gasteiger partial charge in [0.1, 0.15) is 11.3 Å². The van der Waals surface area contributed by atoms with Crippen LogP contribution in [0.15, 0.2) is 12.4 Å². The van der Waals surface area contributed by atoms with Crippen molar-refractivity contribution in [3.63, 3.8) is 0 Å². The van der Waals surface area contributed by atoms with E-state index in [1.54, 1.807) is 19.5 Å². The van der Waals surface area contributed by atoms with E-state index >= 15 is 0 Å². The largest absolute Gasteiger partial charge is 0.480 e. The highest BCUT2D eigenvalue weighted by Crippen LogP contribution is 2.40. The molecule has 0 amide bonds. The molecule has 5 nitrogen and oxygen atoms in total. The molecule has 0 saturated heterocycles. The van der Waals surface area contributed by atoms with E-state index in [4.69, 9.17) is 9.47 Å². The van der Waals surface area contributed by atoms with Gasteiger partial charge in [-0.25, -0.2) is 4.98 Å². The van der Waals surface area contributed by atoms with E-state index in [0.717, 1.165) is 19.3 Å². The molecule has 2 rings (SSSR count). The highest BCUT2D eigenvalue weighted by molar-refractivity contribution is 5.26. The van der Waals surface area contributed by atoms with E-state index in [1.807, 2.05) is 0 Å². The SMILES string of the molecule is COc1nccnc1C1(O)CCCCC1OC. The summed E-state index contributed by atoms with van der Waals surface area (Å²) in [5.74, 6) is 0.374. The van der Waals surface area contributed by atoms with Crippen molar-refractivity contribution in [3.05, 3.63) is 18.1 Å². The molecule has 0 spiro atoms. The fourth-order valence-corrected chi connectivity index (χ4v) is 2.48. The lowest BCUT2D eigenvalue weighted by atomic mass is 9.79. The van der Waals surface area contributed by atoms with Crippen LogP contribution in [0.1, 0.15) is 31.4 Å². The summed E-state index contributed by atoms with van der Waals surface area (Å²) in [4.78, 5) is 8.31. The van der Waals surface area contributed by atoms with E-state index in [0.29, 0.717) is 18.0 Å². The number of nitrogens with zero attached hydrogens (tertiary/aromatic N) is 2. The summed E-state index contributed by atoms with van der Waals surface area (Å²) in [6, 6.07) is 0. The first-order valence-electron chi connectivity index (χ1n) is 5.83. The minimum Gasteiger partial charge on any atom is -0.480 e. The minimum absolute atomic E-state index is 0.248. The number of hydrogen-bond acceptors (Lipinski definition) is 5. The second-order valence-electron chi connectivity index (χ2n) is 4.31. The number of hydrogen-bond donors (Lipinski definition) is 1. The minimum atomic E-state index is -1.09. The summed E-state index contributed by atoms with van der Waals surface area (Å²) >= 11 is 0. The van der Waals surface area contributed by atoms with Crippen molar-refractivity contribution in [2.24, 2.45) is 0 Å². The van der Waals surface area contributed by atoms with E-state index in [2.05, 4.69) is 9.97 Å². The summed E-state index contributed by atoms with van der Waals surface area (Å²) < 4.78 is 10.6. The van der Waals surface area contributed by atoms with E-state index < -0.39 is 5.60 Å². The highest BCUT2D eigenvalue weighted by atomic mass is 16.5. The molecular weight excluding hydrogens is 220 g/mol. The zero-order valence-corrected chi connectivity index (χ0v) is 10.2. The zero-order valence-electron chi connectivity index (χ0n) is 10.2. The maximum absolute atomic E-state index is 10.8. The zero-order chi connectivity index (χ0) is 12.3. The first-order valence-corrected chi connectivity index (χ1v) is 5.83. The van der Waals surface area contributed by atoms with Gasteiger partial charge in [0.25, 0.3) is 0 Å². The van der Waals surface area contributed by atoms with Gasteiger partial charge < -0.3 is 14.6 Å². The molecule has 0 aliphatic heterocycles. The van der Waals surface area contributed by atoms with Crippen LogP contribution in [0.25, 0.3) is 0 Å². The fourth-order valence-electron chi connectivity index (χ4n) is 2.48. The Bertz CT molecular complexity index is 386. The Hall–Kier alpha value is -1.20. The third kappa shape index (κ3) is 2.12. The molecule has 94 valence electrons. The van der Waals surface area contributed by atoms with E-state index in [-0.39, 0.29) is 6.10 Å². The molecule has 1 aromatic heterocycles. The Morgan fingerprint density at radius 1 is 1.29 bits per heavy atom. The van der Waals surface area contributed by atoms with Crippen molar-refractivity contribution in [1.29, 1.82) is 0 Å². The summed E-state index contributed by atoms with van der Waals surface area (Å²) in [5.41, 5.74) is -0.610.